The van der Waals surface area contributed by atoms with Crippen molar-refractivity contribution >= 4 is 15.9 Å². The molecule has 0 aliphatic heterocycles. The molecule has 0 amide bonds. The molecule has 0 bridgehead atoms. The summed E-state index contributed by atoms with van der Waals surface area (Å²) in [5.41, 5.74) is 5.55. The number of hydrogen-bond acceptors (Lipinski definition) is 1. The number of rotatable bonds is 2. The summed E-state index contributed by atoms with van der Waals surface area (Å²) in [5.74, 6) is 0. The Morgan fingerprint density at radius 1 is 1.18 bits per heavy atom. The fourth-order valence-electron chi connectivity index (χ4n) is 2.15. The van der Waals surface area contributed by atoms with Crippen LogP contribution in [0, 0.1) is 20.8 Å². The van der Waals surface area contributed by atoms with E-state index in [4.69, 9.17) is 0 Å². The zero-order valence-electron chi connectivity index (χ0n) is 10.3. The first-order chi connectivity index (χ1) is 8.04. The van der Waals surface area contributed by atoms with E-state index >= 15 is 0 Å². The second-order valence-corrected chi connectivity index (χ2v) is 5.20. The van der Waals surface area contributed by atoms with Gasteiger partial charge in [-0.05, 0) is 66.0 Å². The van der Waals surface area contributed by atoms with Gasteiger partial charge in [0.1, 0.15) is 0 Å². The topological polar surface area (TPSA) is 25.2 Å². The molecule has 0 unspecified atom stereocenters. The maximum absolute atomic E-state index is 9.29. The number of aromatic nitrogens is 1. The van der Waals surface area contributed by atoms with Gasteiger partial charge >= 0.3 is 0 Å². The molecule has 1 N–H and O–H groups in total. The van der Waals surface area contributed by atoms with Crippen molar-refractivity contribution in [2.75, 3.05) is 0 Å². The van der Waals surface area contributed by atoms with Crippen LogP contribution in [0.4, 0.5) is 0 Å². The molecule has 0 radical (unpaired) electrons. The van der Waals surface area contributed by atoms with Crippen molar-refractivity contribution in [3.8, 4) is 5.69 Å². The summed E-state index contributed by atoms with van der Waals surface area (Å²) < 4.78 is 3.23. The molecular formula is C14H16BrNO. The van der Waals surface area contributed by atoms with E-state index in [1.165, 1.54) is 5.56 Å². The molecule has 0 aliphatic carbocycles. The molecule has 0 atom stereocenters. The van der Waals surface area contributed by atoms with Gasteiger partial charge < -0.3 is 9.67 Å². The lowest BCUT2D eigenvalue weighted by Crippen LogP contribution is -2.01. The van der Waals surface area contributed by atoms with Gasteiger partial charge in [-0.1, -0.05) is 6.07 Å². The SMILES string of the molecule is Cc1ccc(-n2c(C)cc(CO)c2C)c(Br)c1. The van der Waals surface area contributed by atoms with Crippen molar-refractivity contribution < 1.29 is 5.11 Å². The number of halogens is 1. The quantitative estimate of drug-likeness (QED) is 0.898. The summed E-state index contributed by atoms with van der Waals surface area (Å²) in [7, 11) is 0. The molecule has 1 aromatic carbocycles. The highest BCUT2D eigenvalue weighted by Gasteiger charge is 2.11. The maximum atomic E-state index is 9.29. The Kier molecular flexibility index (Phi) is 3.40. The van der Waals surface area contributed by atoms with Gasteiger partial charge in [-0.25, -0.2) is 0 Å². The standard InChI is InChI=1S/C14H16BrNO/c1-9-4-5-14(13(15)6-9)16-10(2)7-12(8-17)11(16)3/h4-7,17H,8H2,1-3H3. The van der Waals surface area contributed by atoms with Crippen molar-refractivity contribution in [1.82, 2.24) is 4.57 Å². The third-order valence-corrected chi connectivity index (χ3v) is 3.69. The molecule has 90 valence electrons. The van der Waals surface area contributed by atoms with E-state index < -0.39 is 0 Å². The number of aryl methyl sites for hydroxylation is 2. The average Bonchev–Trinajstić information content (AvgIpc) is 2.55. The second-order valence-electron chi connectivity index (χ2n) is 4.34. The van der Waals surface area contributed by atoms with Gasteiger partial charge in [0.2, 0.25) is 0 Å². The van der Waals surface area contributed by atoms with E-state index in [0.717, 1.165) is 27.1 Å². The summed E-state index contributed by atoms with van der Waals surface area (Å²) >= 11 is 3.60. The van der Waals surface area contributed by atoms with Gasteiger partial charge in [-0.15, -0.1) is 0 Å². The van der Waals surface area contributed by atoms with E-state index in [9.17, 15) is 5.11 Å². The fourth-order valence-corrected chi connectivity index (χ4v) is 2.82. The highest BCUT2D eigenvalue weighted by molar-refractivity contribution is 9.10. The molecule has 3 heteroatoms. The van der Waals surface area contributed by atoms with Gasteiger partial charge in [-0.3, -0.25) is 0 Å². The van der Waals surface area contributed by atoms with Crippen LogP contribution in [0.2, 0.25) is 0 Å². The van der Waals surface area contributed by atoms with Crippen LogP contribution in [0.5, 0.6) is 0 Å². The molecule has 1 aromatic heterocycles. The lowest BCUT2D eigenvalue weighted by atomic mass is 10.2. The largest absolute Gasteiger partial charge is 0.392 e. The zero-order chi connectivity index (χ0) is 12.6. The number of nitrogens with zero attached hydrogens (tertiary/aromatic N) is 1. The highest BCUT2D eigenvalue weighted by Crippen LogP contribution is 2.27. The van der Waals surface area contributed by atoms with Crippen LogP contribution in [0.1, 0.15) is 22.5 Å². The number of benzene rings is 1. The molecule has 0 saturated heterocycles. The molecule has 0 fully saturated rings. The molecule has 1 heterocycles. The Morgan fingerprint density at radius 2 is 1.88 bits per heavy atom. The first-order valence-corrected chi connectivity index (χ1v) is 6.39. The predicted molar refractivity (Wildman–Crippen MR) is 73.6 cm³/mol. The van der Waals surface area contributed by atoms with E-state index in [0.29, 0.717) is 0 Å². The first-order valence-electron chi connectivity index (χ1n) is 5.59. The predicted octanol–water partition coefficient (Wildman–Crippen LogP) is 3.66. The van der Waals surface area contributed by atoms with Crippen molar-refractivity contribution in [2.24, 2.45) is 0 Å². The van der Waals surface area contributed by atoms with E-state index in [-0.39, 0.29) is 6.61 Å². The molecule has 2 nitrogen and oxygen atoms in total. The molecule has 2 rings (SSSR count). The van der Waals surface area contributed by atoms with E-state index in [2.05, 4.69) is 52.5 Å². The van der Waals surface area contributed by atoms with Crippen LogP contribution in [0.3, 0.4) is 0 Å². The second kappa shape index (κ2) is 4.67. The van der Waals surface area contributed by atoms with Crippen LogP contribution in [0.25, 0.3) is 5.69 Å². The Hall–Kier alpha value is -1.06. The Balaban J connectivity index is 2.64. The van der Waals surface area contributed by atoms with Crippen LogP contribution < -0.4 is 0 Å². The normalized spacial score (nSPS) is 10.9. The number of aliphatic hydroxyl groups is 1. The van der Waals surface area contributed by atoms with Gasteiger partial charge in [0.05, 0.1) is 12.3 Å². The summed E-state index contributed by atoms with van der Waals surface area (Å²) in [5, 5.41) is 9.29. The Labute approximate surface area is 110 Å². The third-order valence-electron chi connectivity index (χ3n) is 3.05. The van der Waals surface area contributed by atoms with Crippen molar-refractivity contribution in [1.29, 1.82) is 0 Å². The van der Waals surface area contributed by atoms with E-state index in [1.54, 1.807) is 0 Å². The van der Waals surface area contributed by atoms with Crippen molar-refractivity contribution in [2.45, 2.75) is 27.4 Å². The summed E-state index contributed by atoms with van der Waals surface area (Å²) in [4.78, 5) is 0. The van der Waals surface area contributed by atoms with Crippen LogP contribution in [-0.2, 0) is 6.61 Å². The van der Waals surface area contributed by atoms with Crippen molar-refractivity contribution in [3.63, 3.8) is 0 Å². The van der Waals surface area contributed by atoms with E-state index in [1.807, 2.05) is 13.0 Å². The van der Waals surface area contributed by atoms with Crippen LogP contribution >= 0.6 is 15.9 Å². The summed E-state index contributed by atoms with van der Waals surface area (Å²) in [6.45, 7) is 6.25. The molecule has 0 spiro atoms. The zero-order valence-corrected chi connectivity index (χ0v) is 11.9. The Morgan fingerprint density at radius 3 is 2.41 bits per heavy atom. The van der Waals surface area contributed by atoms with Gasteiger partial charge in [0.25, 0.3) is 0 Å². The molecule has 0 saturated carbocycles. The van der Waals surface area contributed by atoms with Gasteiger partial charge in [0.15, 0.2) is 0 Å². The Bertz CT molecular complexity index is 558. The highest BCUT2D eigenvalue weighted by atomic mass is 79.9. The number of hydrogen-bond donors (Lipinski definition) is 1. The molecule has 2 aromatic rings. The minimum atomic E-state index is 0.0865. The number of aliphatic hydroxyl groups excluding tert-OH is 1. The fraction of sp³-hybridized carbons (Fsp3) is 0.286. The van der Waals surface area contributed by atoms with Gasteiger partial charge in [-0.2, -0.15) is 0 Å². The monoisotopic (exact) mass is 293 g/mol. The lowest BCUT2D eigenvalue weighted by Gasteiger charge is -2.12. The van der Waals surface area contributed by atoms with Crippen LogP contribution in [-0.4, -0.2) is 9.67 Å². The minimum Gasteiger partial charge on any atom is -0.392 e. The maximum Gasteiger partial charge on any atom is 0.0699 e. The minimum absolute atomic E-state index is 0.0865. The molecular weight excluding hydrogens is 278 g/mol. The van der Waals surface area contributed by atoms with Crippen LogP contribution in [0.15, 0.2) is 28.7 Å². The summed E-state index contributed by atoms with van der Waals surface area (Å²) in [6, 6.07) is 8.33. The first kappa shape index (κ1) is 12.4. The van der Waals surface area contributed by atoms with Crippen molar-refractivity contribution in [3.05, 3.63) is 51.3 Å². The summed E-state index contributed by atoms with van der Waals surface area (Å²) in [6.07, 6.45) is 0. The third kappa shape index (κ3) is 2.17. The molecule has 17 heavy (non-hydrogen) atoms. The average molecular weight is 294 g/mol. The van der Waals surface area contributed by atoms with Gasteiger partial charge in [0, 0.05) is 15.9 Å². The molecule has 0 aliphatic rings. The smallest absolute Gasteiger partial charge is 0.0699 e. The lowest BCUT2D eigenvalue weighted by molar-refractivity contribution is 0.281.